The maximum Gasteiger partial charge on any atom is 0.282 e. The molecule has 0 aliphatic rings. The highest BCUT2D eigenvalue weighted by Crippen LogP contribution is 2.31. The quantitative estimate of drug-likeness (QED) is 0.611. The van der Waals surface area contributed by atoms with E-state index in [0.29, 0.717) is 16.7 Å². The number of rotatable bonds is 3. The monoisotopic (exact) mass is 448 g/mol. The lowest BCUT2D eigenvalue weighted by molar-refractivity contribution is 0.771. The summed E-state index contributed by atoms with van der Waals surface area (Å²) in [7, 11) is 1.85. The van der Waals surface area contributed by atoms with Gasteiger partial charge in [0.2, 0.25) is 0 Å². The lowest BCUT2D eigenvalue weighted by atomic mass is 10.2. The van der Waals surface area contributed by atoms with Crippen molar-refractivity contribution in [1.29, 1.82) is 0 Å². The Bertz CT molecular complexity index is 988. The van der Waals surface area contributed by atoms with E-state index in [2.05, 4.69) is 47.3 Å². The fourth-order valence-corrected chi connectivity index (χ4v) is 4.02. The standard InChI is InChI=1S/C17H14Br2N4O/c1-10-22-15-6-4-3-5-12(15)17(24)23(10)21-9-11-7-13(18)16(20-2)14(19)8-11/h3-9,20H,1-2H3. The van der Waals surface area contributed by atoms with Crippen LogP contribution in [-0.2, 0) is 0 Å². The first-order chi connectivity index (χ1) is 11.5. The minimum atomic E-state index is -0.181. The predicted octanol–water partition coefficient (Wildman–Crippen LogP) is 4.15. The Morgan fingerprint density at radius 2 is 1.88 bits per heavy atom. The summed E-state index contributed by atoms with van der Waals surface area (Å²) in [6.45, 7) is 1.76. The second-order valence-corrected chi connectivity index (χ2v) is 6.86. The molecule has 3 aromatic rings. The summed E-state index contributed by atoms with van der Waals surface area (Å²) in [5.41, 5.74) is 2.30. The van der Waals surface area contributed by atoms with Crippen molar-refractivity contribution >= 4 is 54.7 Å². The van der Waals surface area contributed by atoms with Crippen LogP contribution in [0.3, 0.4) is 0 Å². The molecular weight excluding hydrogens is 436 g/mol. The summed E-state index contributed by atoms with van der Waals surface area (Å²) in [5, 5.41) is 7.97. The molecule has 122 valence electrons. The van der Waals surface area contributed by atoms with Crippen molar-refractivity contribution in [3.63, 3.8) is 0 Å². The van der Waals surface area contributed by atoms with Gasteiger partial charge in [0.25, 0.3) is 5.56 Å². The molecule has 1 aromatic heterocycles. The van der Waals surface area contributed by atoms with Gasteiger partial charge in [-0.1, -0.05) is 12.1 Å². The minimum Gasteiger partial charge on any atom is -0.386 e. The Morgan fingerprint density at radius 3 is 2.54 bits per heavy atom. The SMILES string of the molecule is CNc1c(Br)cc(C=Nn2c(C)nc3ccccc3c2=O)cc1Br. The van der Waals surface area contributed by atoms with Crippen LogP contribution in [0, 0.1) is 6.92 Å². The van der Waals surface area contributed by atoms with Crippen LogP contribution in [0.5, 0.6) is 0 Å². The molecule has 7 heteroatoms. The molecule has 0 fully saturated rings. The van der Waals surface area contributed by atoms with Crippen molar-refractivity contribution in [2.24, 2.45) is 5.10 Å². The summed E-state index contributed by atoms with van der Waals surface area (Å²) >= 11 is 7.02. The number of benzene rings is 2. The zero-order chi connectivity index (χ0) is 17.3. The third-order valence-electron chi connectivity index (χ3n) is 3.55. The number of aromatic nitrogens is 2. The van der Waals surface area contributed by atoms with E-state index < -0.39 is 0 Å². The third kappa shape index (κ3) is 3.14. The van der Waals surface area contributed by atoms with E-state index >= 15 is 0 Å². The Balaban J connectivity index is 2.07. The number of para-hydroxylation sites is 1. The molecule has 0 saturated heterocycles. The van der Waals surface area contributed by atoms with Gasteiger partial charge < -0.3 is 5.32 Å². The van der Waals surface area contributed by atoms with Crippen LogP contribution in [0.1, 0.15) is 11.4 Å². The number of nitrogens with one attached hydrogen (secondary N) is 1. The third-order valence-corrected chi connectivity index (χ3v) is 4.80. The van der Waals surface area contributed by atoms with Gasteiger partial charge >= 0.3 is 0 Å². The largest absolute Gasteiger partial charge is 0.386 e. The second-order valence-electron chi connectivity index (χ2n) is 5.15. The lowest BCUT2D eigenvalue weighted by Gasteiger charge is -2.08. The van der Waals surface area contributed by atoms with Gasteiger partial charge in [0.1, 0.15) is 5.82 Å². The molecule has 2 aromatic carbocycles. The van der Waals surface area contributed by atoms with Crippen LogP contribution < -0.4 is 10.9 Å². The van der Waals surface area contributed by atoms with E-state index in [1.807, 2.05) is 37.4 Å². The first-order valence-corrected chi connectivity index (χ1v) is 8.79. The Morgan fingerprint density at radius 1 is 1.21 bits per heavy atom. The van der Waals surface area contributed by atoms with E-state index in [9.17, 15) is 4.79 Å². The van der Waals surface area contributed by atoms with Crippen LogP contribution in [0.4, 0.5) is 5.69 Å². The average Bonchev–Trinajstić information content (AvgIpc) is 2.54. The molecule has 5 nitrogen and oxygen atoms in total. The van der Waals surface area contributed by atoms with Crippen LogP contribution in [0.15, 0.2) is 55.2 Å². The average molecular weight is 450 g/mol. The Hall–Kier alpha value is -1.99. The van der Waals surface area contributed by atoms with Gasteiger partial charge in [-0.2, -0.15) is 9.78 Å². The van der Waals surface area contributed by atoms with Gasteiger partial charge in [-0.25, -0.2) is 4.98 Å². The van der Waals surface area contributed by atoms with E-state index in [4.69, 9.17) is 0 Å². The van der Waals surface area contributed by atoms with Gasteiger partial charge in [0, 0.05) is 16.0 Å². The van der Waals surface area contributed by atoms with Gasteiger partial charge in [0.15, 0.2) is 0 Å². The number of hydrogen-bond acceptors (Lipinski definition) is 4. The highest BCUT2D eigenvalue weighted by Gasteiger charge is 2.07. The van der Waals surface area contributed by atoms with E-state index in [1.165, 1.54) is 4.68 Å². The fraction of sp³-hybridized carbons (Fsp3) is 0.118. The normalized spacial score (nSPS) is 11.3. The van der Waals surface area contributed by atoms with Crippen molar-refractivity contribution in [3.8, 4) is 0 Å². The molecular formula is C17H14Br2N4O. The van der Waals surface area contributed by atoms with E-state index in [1.54, 1.807) is 19.2 Å². The molecule has 0 aliphatic carbocycles. The molecule has 1 N–H and O–H groups in total. The maximum absolute atomic E-state index is 12.6. The number of anilines is 1. The lowest BCUT2D eigenvalue weighted by Crippen LogP contribution is -2.20. The summed E-state index contributed by atoms with van der Waals surface area (Å²) in [4.78, 5) is 17.0. The highest BCUT2D eigenvalue weighted by atomic mass is 79.9. The zero-order valence-electron chi connectivity index (χ0n) is 13.0. The van der Waals surface area contributed by atoms with E-state index in [-0.39, 0.29) is 5.56 Å². The number of fused-ring (bicyclic) bond motifs is 1. The maximum atomic E-state index is 12.6. The number of nitrogens with zero attached hydrogens (tertiary/aromatic N) is 3. The Kier molecular flexibility index (Phi) is 4.82. The molecule has 3 rings (SSSR count). The molecule has 0 radical (unpaired) electrons. The van der Waals surface area contributed by atoms with Crippen molar-refractivity contribution < 1.29 is 0 Å². The highest BCUT2D eigenvalue weighted by molar-refractivity contribution is 9.11. The van der Waals surface area contributed by atoms with Crippen molar-refractivity contribution in [3.05, 3.63) is 67.1 Å². The molecule has 0 unspecified atom stereocenters. The number of hydrogen-bond donors (Lipinski definition) is 1. The molecule has 0 saturated carbocycles. The predicted molar refractivity (Wildman–Crippen MR) is 105 cm³/mol. The molecule has 0 amide bonds. The first kappa shape index (κ1) is 16.9. The second kappa shape index (κ2) is 6.86. The fourth-order valence-electron chi connectivity index (χ4n) is 2.40. The number of aryl methyl sites for hydroxylation is 1. The summed E-state index contributed by atoms with van der Waals surface area (Å²) < 4.78 is 3.12. The van der Waals surface area contributed by atoms with Gasteiger partial charge in [-0.3, -0.25) is 4.79 Å². The van der Waals surface area contributed by atoms with Crippen LogP contribution in [0.25, 0.3) is 10.9 Å². The number of halogens is 2. The minimum absolute atomic E-state index is 0.181. The van der Waals surface area contributed by atoms with Crippen LogP contribution in [-0.4, -0.2) is 22.9 Å². The molecule has 24 heavy (non-hydrogen) atoms. The summed E-state index contributed by atoms with van der Waals surface area (Å²) in [6.07, 6.45) is 1.64. The zero-order valence-corrected chi connectivity index (χ0v) is 16.2. The van der Waals surface area contributed by atoms with Crippen LogP contribution >= 0.6 is 31.9 Å². The first-order valence-electron chi connectivity index (χ1n) is 7.21. The summed E-state index contributed by atoms with van der Waals surface area (Å²) in [6, 6.07) is 11.1. The van der Waals surface area contributed by atoms with E-state index in [0.717, 1.165) is 20.2 Å². The van der Waals surface area contributed by atoms with Crippen LogP contribution in [0.2, 0.25) is 0 Å². The summed E-state index contributed by atoms with van der Waals surface area (Å²) in [5.74, 6) is 0.542. The molecule has 1 heterocycles. The van der Waals surface area contributed by atoms with Crippen molar-refractivity contribution in [2.45, 2.75) is 6.92 Å². The van der Waals surface area contributed by atoms with Gasteiger partial charge in [-0.15, -0.1) is 0 Å². The van der Waals surface area contributed by atoms with Gasteiger partial charge in [0.05, 0.1) is 22.8 Å². The van der Waals surface area contributed by atoms with Crippen molar-refractivity contribution in [2.75, 3.05) is 12.4 Å². The molecule has 0 bridgehead atoms. The molecule has 0 atom stereocenters. The van der Waals surface area contributed by atoms with Gasteiger partial charge in [-0.05, 0) is 68.6 Å². The Labute approximate surface area is 155 Å². The smallest absolute Gasteiger partial charge is 0.282 e. The molecule has 0 aliphatic heterocycles. The van der Waals surface area contributed by atoms with Crippen molar-refractivity contribution in [1.82, 2.24) is 9.66 Å². The topological polar surface area (TPSA) is 59.3 Å². The molecule has 0 spiro atoms.